The van der Waals surface area contributed by atoms with Crippen LogP contribution in [0.15, 0.2) is 42.6 Å². The van der Waals surface area contributed by atoms with E-state index in [-0.39, 0.29) is 17.1 Å². The summed E-state index contributed by atoms with van der Waals surface area (Å²) in [7, 11) is 0. The lowest BCUT2D eigenvalue weighted by molar-refractivity contribution is -0.414. The predicted molar refractivity (Wildman–Crippen MR) is 108 cm³/mol. The molecule has 0 aliphatic carbocycles. The Hall–Kier alpha value is -3.16. The van der Waals surface area contributed by atoms with Gasteiger partial charge in [0.1, 0.15) is 13.1 Å². The summed E-state index contributed by atoms with van der Waals surface area (Å²) in [6.07, 6.45) is 1.38. The van der Waals surface area contributed by atoms with Crippen molar-refractivity contribution < 1.29 is 14.7 Å². The number of urea groups is 1. The fourth-order valence-electron chi connectivity index (χ4n) is 3.13. The van der Waals surface area contributed by atoms with Gasteiger partial charge in [0.25, 0.3) is 5.82 Å². The number of carbonyl (C=O) groups excluding carboxylic acids is 1. The number of pyridine rings is 1. The van der Waals surface area contributed by atoms with E-state index in [9.17, 15) is 14.9 Å². The van der Waals surface area contributed by atoms with Gasteiger partial charge in [-0.2, -0.15) is 0 Å². The smallest absolute Gasteiger partial charge is 0.317 e. The lowest BCUT2D eigenvalue weighted by Gasteiger charge is -2.31. The molecule has 0 radical (unpaired) electrons. The van der Waals surface area contributed by atoms with Gasteiger partial charge in [0.05, 0.1) is 18.0 Å². The molecule has 148 valence electrons. The molecule has 2 aromatic rings. The molecular formula is C20H26N5O3+. The van der Waals surface area contributed by atoms with E-state index in [0.29, 0.717) is 26.2 Å². The molecule has 1 fully saturated rings. The fourth-order valence-corrected chi connectivity index (χ4v) is 3.13. The lowest BCUT2D eigenvalue weighted by atomic mass is 9.87. The number of hydrogen-bond acceptors (Lipinski definition) is 4. The van der Waals surface area contributed by atoms with Gasteiger partial charge < -0.3 is 10.2 Å². The summed E-state index contributed by atoms with van der Waals surface area (Å²) < 4.78 is 0. The molecule has 1 aliphatic rings. The molecule has 0 spiro atoms. The van der Waals surface area contributed by atoms with Crippen LogP contribution in [0.1, 0.15) is 26.3 Å². The Labute approximate surface area is 164 Å². The largest absolute Gasteiger partial charge is 0.322 e. The van der Waals surface area contributed by atoms with Crippen LogP contribution in [0.25, 0.3) is 0 Å². The van der Waals surface area contributed by atoms with Crippen molar-refractivity contribution >= 4 is 23.2 Å². The molecular weight excluding hydrogens is 358 g/mol. The minimum Gasteiger partial charge on any atom is -0.317 e. The van der Waals surface area contributed by atoms with Crippen LogP contribution in [0.3, 0.4) is 0 Å². The Morgan fingerprint density at radius 1 is 1.07 bits per heavy atom. The lowest BCUT2D eigenvalue weighted by Crippen LogP contribution is -2.51. The second-order valence-corrected chi connectivity index (χ2v) is 7.92. The Balaban J connectivity index is 1.54. The Morgan fingerprint density at radius 3 is 2.21 bits per heavy atom. The van der Waals surface area contributed by atoms with Gasteiger partial charge in [0.2, 0.25) is 0 Å². The Kier molecular flexibility index (Phi) is 5.48. The number of H-pyrrole nitrogens is 1. The summed E-state index contributed by atoms with van der Waals surface area (Å²) in [5, 5.41) is 13.7. The van der Waals surface area contributed by atoms with Gasteiger partial charge in [0, 0.05) is 17.8 Å². The SMILES string of the molecule is CC(C)(C)c1ccc(NC(=O)N2CCN(c3ccc([N+](=O)[O-])c[nH+]3)CC2)cc1. The van der Waals surface area contributed by atoms with Crippen LogP contribution in [-0.4, -0.2) is 42.0 Å². The molecule has 2 amide bonds. The average Bonchev–Trinajstić information content (AvgIpc) is 2.68. The first-order valence-electron chi connectivity index (χ1n) is 9.31. The Morgan fingerprint density at radius 2 is 1.71 bits per heavy atom. The molecule has 0 atom stereocenters. The fraction of sp³-hybridized carbons (Fsp3) is 0.400. The number of amides is 2. The predicted octanol–water partition coefficient (Wildman–Crippen LogP) is 3.06. The topological polar surface area (TPSA) is 92.9 Å². The van der Waals surface area contributed by atoms with Crippen molar-refractivity contribution in [3.63, 3.8) is 0 Å². The molecule has 28 heavy (non-hydrogen) atoms. The van der Waals surface area contributed by atoms with Crippen molar-refractivity contribution in [1.29, 1.82) is 0 Å². The molecule has 1 saturated heterocycles. The van der Waals surface area contributed by atoms with E-state index in [0.717, 1.165) is 11.5 Å². The highest BCUT2D eigenvalue weighted by atomic mass is 16.6. The van der Waals surface area contributed by atoms with Crippen LogP contribution in [0, 0.1) is 10.1 Å². The first-order valence-corrected chi connectivity index (χ1v) is 9.31. The number of nitrogens with zero attached hydrogens (tertiary/aromatic N) is 3. The number of aromatic amines is 1. The van der Waals surface area contributed by atoms with Crippen LogP contribution in [0.5, 0.6) is 0 Å². The van der Waals surface area contributed by atoms with Crippen LogP contribution in [-0.2, 0) is 5.41 Å². The van der Waals surface area contributed by atoms with Crippen molar-refractivity contribution in [2.75, 3.05) is 36.4 Å². The molecule has 0 bridgehead atoms. The molecule has 1 aromatic carbocycles. The van der Waals surface area contributed by atoms with E-state index >= 15 is 0 Å². The van der Waals surface area contributed by atoms with Crippen molar-refractivity contribution in [2.24, 2.45) is 0 Å². The number of hydrogen-bond donors (Lipinski definition) is 1. The zero-order valence-electron chi connectivity index (χ0n) is 16.4. The van der Waals surface area contributed by atoms with E-state index in [2.05, 4.69) is 36.0 Å². The van der Waals surface area contributed by atoms with Gasteiger partial charge in [-0.3, -0.25) is 15.0 Å². The van der Waals surface area contributed by atoms with Crippen LogP contribution < -0.4 is 15.2 Å². The molecule has 2 N–H and O–H groups in total. The molecule has 8 heteroatoms. The molecule has 0 unspecified atom stereocenters. The van der Waals surface area contributed by atoms with Gasteiger partial charge in [-0.25, -0.2) is 9.78 Å². The van der Waals surface area contributed by atoms with Gasteiger partial charge >= 0.3 is 11.7 Å². The highest BCUT2D eigenvalue weighted by molar-refractivity contribution is 5.89. The van der Waals surface area contributed by atoms with E-state index in [1.54, 1.807) is 11.0 Å². The normalized spacial score (nSPS) is 14.7. The van der Waals surface area contributed by atoms with E-state index in [1.807, 2.05) is 24.3 Å². The van der Waals surface area contributed by atoms with Crippen LogP contribution in [0.4, 0.5) is 22.0 Å². The number of benzene rings is 1. The number of anilines is 2. The third kappa shape index (κ3) is 4.57. The number of piperazine rings is 1. The summed E-state index contributed by atoms with van der Waals surface area (Å²) in [6, 6.07) is 11.0. The second kappa shape index (κ2) is 7.84. The maximum absolute atomic E-state index is 12.5. The third-order valence-electron chi connectivity index (χ3n) is 4.90. The molecule has 8 nitrogen and oxygen atoms in total. The minimum atomic E-state index is -0.434. The summed E-state index contributed by atoms with van der Waals surface area (Å²) in [5.74, 6) is 0.809. The standard InChI is InChI=1S/C20H25N5O3/c1-20(2,3)15-4-6-16(7-5-15)22-19(26)24-12-10-23(11-13-24)18-9-8-17(14-21-18)25(27)28/h4-9,14H,10-13H2,1-3H3,(H,22,26)/p+1. The Bertz CT molecular complexity index is 836. The second-order valence-electron chi connectivity index (χ2n) is 7.92. The van der Waals surface area contributed by atoms with Crippen molar-refractivity contribution in [2.45, 2.75) is 26.2 Å². The summed E-state index contributed by atoms with van der Waals surface area (Å²) in [6.45, 7) is 8.94. The molecule has 1 aliphatic heterocycles. The third-order valence-corrected chi connectivity index (χ3v) is 4.90. The number of carbonyl (C=O) groups is 1. The van der Waals surface area contributed by atoms with Crippen molar-refractivity contribution in [1.82, 2.24) is 4.90 Å². The maximum atomic E-state index is 12.5. The first kappa shape index (κ1) is 19.6. The van der Waals surface area contributed by atoms with E-state index < -0.39 is 4.92 Å². The summed E-state index contributed by atoms with van der Waals surface area (Å²) >= 11 is 0. The van der Waals surface area contributed by atoms with Gasteiger partial charge in [-0.15, -0.1) is 0 Å². The quantitative estimate of drug-likeness (QED) is 0.650. The van der Waals surface area contributed by atoms with E-state index in [1.165, 1.54) is 17.8 Å². The summed E-state index contributed by atoms with van der Waals surface area (Å²) in [5.41, 5.74) is 2.11. The minimum absolute atomic E-state index is 0.0271. The zero-order chi connectivity index (χ0) is 20.3. The van der Waals surface area contributed by atoms with Gasteiger partial charge in [0.15, 0.2) is 6.20 Å². The highest BCUT2D eigenvalue weighted by Gasteiger charge is 2.27. The molecule has 3 rings (SSSR count). The maximum Gasteiger partial charge on any atom is 0.322 e. The van der Waals surface area contributed by atoms with Crippen LogP contribution in [0.2, 0.25) is 0 Å². The number of nitro groups is 1. The number of nitrogens with one attached hydrogen (secondary N) is 2. The van der Waals surface area contributed by atoms with Crippen molar-refractivity contribution in [3.05, 3.63) is 58.3 Å². The molecule has 0 saturated carbocycles. The highest BCUT2D eigenvalue weighted by Crippen LogP contribution is 2.23. The van der Waals surface area contributed by atoms with Gasteiger partial charge in [-0.05, 0) is 23.1 Å². The van der Waals surface area contributed by atoms with Crippen LogP contribution >= 0.6 is 0 Å². The molecule has 1 aromatic heterocycles. The monoisotopic (exact) mass is 384 g/mol. The first-order chi connectivity index (χ1) is 13.2. The number of rotatable bonds is 3. The van der Waals surface area contributed by atoms with Crippen molar-refractivity contribution in [3.8, 4) is 0 Å². The van der Waals surface area contributed by atoms with E-state index in [4.69, 9.17) is 0 Å². The number of aromatic nitrogens is 1. The summed E-state index contributed by atoms with van der Waals surface area (Å²) in [4.78, 5) is 29.6. The average molecular weight is 384 g/mol. The molecule has 2 heterocycles. The zero-order valence-corrected chi connectivity index (χ0v) is 16.4. The van der Waals surface area contributed by atoms with Gasteiger partial charge in [-0.1, -0.05) is 32.9 Å².